The minimum absolute atomic E-state index is 0.0529. The van der Waals surface area contributed by atoms with Gasteiger partial charge in [-0.2, -0.15) is 0 Å². The van der Waals surface area contributed by atoms with Crippen LogP contribution in [-0.2, 0) is 11.2 Å². The van der Waals surface area contributed by atoms with E-state index in [1.54, 1.807) is 42.5 Å². The van der Waals surface area contributed by atoms with Crippen LogP contribution in [0.25, 0.3) is 0 Å². The zero-order chi connectivity index (χ0) is 24.3. The van der Waals surface area contributed by atoms with Crippen LogP contribution in [0.5, 0.6) is 17.2 Å². The normalized spacial score (nSPS) is 11.5. The van der Waals surface area contributed by atoms with Crippen molar-refractivity contribution in [2.75, 3.05) is 18.5 Å². The van der Waals surface area contributed by atoms with Crippen LogP contribution in [0.3, 0.4) is 0 Å². The molecular weight excluding hydrogens is 432 g/mol. The molecule has 1 unspecified atom stereocenters. The van der Waals surface area contributed by atoms with Crippen molar-refractivity contribution in [1.29, 1.82) is 0 Å². The Hall–Kier alpha value is -3.84. The van der Waals surface area contributed by atoms with Crippen LogP contribution in [0, 0.1) is 5.92 Å². The van der Waals surface area contributed by atoms with Gasteiger partial charge < -0.3 is 25.6 Å². The highest BCUT2D eigenvalue weighted by atomic mass is 16.5. The molecule has 0 aliphatic rings. The molecule has 1 amide bonds. The Bertz CT molecular complexity index is 1080. The van der Waals surface area contributed by atoms with Gasteiger partial charge >= 0.3 is 5.97 Å². The first kappa shape index (κ1) is 24.8. The molecule has 178 valence electrons. The lowest BCUT2D eigenvalue weighted by molar-refractivity contribution is -0.115. The van der Waals surface area contributed by atoms with Crippen molar-refractivity contribution in [2.24, 2.45) is 11.7 Å². The SMILES string of the molecule is CC(CCCN)COc1ccc(Oc2ccc(CC(=O)Nc3ccccc3C(=O)O)cc2)cc1. The van der Waals surface area contributed by atoms with Crippen molar-refractivity contribution in [3.05, 3.63) is 83.9 Å². The standard InChI is InChI=1S/C27H30N2O5/c1-19(5-4-16-28)18-33-21-12-14-23(15-13-21)34-22-10-8-20(9-11-22)17-26(30)29-25-7-3-2-6-24(25)27(31)32/h2-3,6-15,19H,4-5,16-18,28H2,1H3,(H,29,30)(H,31,32). The molecule has 0 heterocycles. The number of carboxylic acid groups (broad SMARTS) is 1. The minimum Gasteiger partial charge on any atom is -0.493 e. The van der Waals surface area contributed by atoms with Crippen molar-refractivity contribution in [1.82, 2.24) is 0 Å². The zero-order valence-corrected chi connectivity index (χ0v) is 19.2. The molecule has 3 aromatic carbocycles. The summed E-state index contributed by atoms with van der Waals surface area (Å²) >= 11 is 0. The summed E-state index contributed by atoms with van der Waals surface area (Å²) in [5.74, 6) is 1.18. The Morgan fingerprint density at radius 2 is 1.56 bits per heavy atom. The first-order valence-corrected chi connectivity index (χ1v) is 11.3. The number of carbonyl (C=O) groups excluding carboxylic acids is 1. The summed E-state index contributed by atoms with van der Waals surface area (Å²) in [5.41, 5.74) is 6.66. The summed E-state index contributed by atoms with van der Waals surface area (Å²) in [6.45, 7) is 3.50. The molecule has 3 aromatic rings. The van der Waals surface area contributed by atoms with E-state index in [0.717, 1.165) is 24.2 Å². The van der Waals surface area contributed by atoms with Gasteiger partial charge in [0.25, 0.3) is 0 Å². The van der Waals surface area contributed by atoms with E-state index in [1.807, 2.05) is 24.3 Å². The van der Waals surface area contributed by atoms with Crippen LogP contribution in [0.1, 0.15) is 35.7 Å². The summed E-state index contributed by atoms with van der Waals surface area (Å²) < 4.78 is 11.7. The number of aromatic carboxylic acids is 1. The fraction of sp³-hybridized carbons (Fsp3) is 0.259. The van der Waals surface area contributed by atoms with Crippen molar-refractivity contribution in [3.63, 3.8) is 0 Å². The fourth-order valence-electron chi connectivity index (χ4n) is 3.36. The highest BCUT2D eigenvalue weighted by Gasteiger charge is 2.12. The molecule has 7 nitrogen and oxygen atoms in total. The Morgan fingerprint density at radius 1 is 0.941 bits per heavy atom. The number of ether oxygens (including phenoxy) is 2. The fourth-order valence-corrected chi connectivity index (χ4v) is 3.36. The molecule has 1 atom stereocenters. The summed E-state index contributed by atoms with van der Waals surface area (Å²) in [5, 5.41) is 11.9. The quantitative estimate of drug-likeness (QED) is 0.345. The van der Waals surface area contributed by atoms with E-state index in [0.29, 0.717) is 30.6 Å². The average molecular weight is 463 g/mol. The van der Waals surface area contributed by atoms with Crippen molar-refractivity contribution < 1.29 is 24.2 Å². The highest BCUT2D eigenvalue weighted by Crippen LogP contribution is 2.25. The number of hydrogen-bond donors (Lipinski definition) is 3. The van der Waals surface area contributed by atoms with Gasteiger partial charge in [-0.1, -0.05) is 31.2 Å². The van der Waals surface area contributed by atoms with E-state index >= 15 is 0 Å². The Morgan fingerprint density at radius 3 is 2.21 bits per heavy atom. The second-order valence-corrected chi connectivity index (χ2v) is 8.14. The molecule has 3 rings (SSSR count). The zero-order valence-electron chi connectivity index (χ0n) is 19.2. The number of anilines is 1. The van der Waals surface area contributed by atoms with Gasteiger partial charge in [0.15, 0.2) is 0 Å². The van der Waals surface area contributed by atoms with E-state index in [-0.39, 0.29) is 23.6 Å². The molecule has 0 bridgehead atoms. The number of para-hydroxylation sites is 1. The van der Waals surface area contributed by atoms with E-state index in [9.17, 15) is 14.7 Å². The van der Waals surface area contributed by atoms with Gasteiger partial charge in [-0.05, 0) is 79.4 Å². The van der Waals surface area contributed by atoms with E-state index < -0.39 is 5.97 Å². The second-order valence-electron chi connectivity index (χ2n) is 8.14. The number of hydrogen-bond acceptors (Lipinski definition) is 5. The molecule has 0 aliphatic heterocycles. The van der Waals surface area contributed by atoms with Gasteiger partial charge in [0.2, 0.25) is 5.91 Å². The summed E-state index contributed by atoms with van der Waals surface area (Å²) in [6, 6.07) is 20.9. The molecule has 0 saturated carbocycles. The second kappa shape index (κ2) is 12.4. The maximum atomic E-state index is 12.4. The predicted molar refractivity (Wildman–Crippen MR) is 132 cm³/mol. The molecule has 34 heavy (non-hydrogen) atoms. The van der Waals surface area contributed by atoms with Gasteiger partial charge in [-0.15, -0.1) is 0 Å². The van der Waals surface area contributed by atoms with E-state index in [2.05, 4.69) is 12.2 Å². The smallest absolute Gasteiger partial charge is 0.337 e. The van der Waals surface area contributed by atoms with Gasteiger partial charge in [0.05, 0.1) is 24.3 Å². The highest BCUT2D eigenvalue weighted by molar-refractivity contribution is 6.00. The number of benzene rings is 3. The lowest BCUT2D eigenvalue weighted by atomic mass is 10.1. The first-order chi connectivity index (χ1) is 16.4. The van der Waals surface area contributed by atoms with Crippen LogP contribution in [0.4, 0.5) is 5.69 Å². The Labute approximate surface area is 199 Å². The summed E-state index contributed by atoms with van der Waals surface area (Å²) in [6.07, 6.45) is 2.16. The Balaban J connectivity index is 1.50. The molecule has 0 aliphatic carbocycles. The molecule has 0 saturated heterocycles. The largest absolute Gasteiger partial charge is 0.493 e. The minimum atomic E-state index is -1.09. The Kier molecular flexibility index (Phi) is 9.05. The van der Waals surface area contributed by atoms with Gasteiger partial charge in [-0.3, -0.25) is 4.79 Å². The maximum absolute atomic E-state index is 12.4. The van der Waals surface area contributed by atoms with Gasteiger partial charge in [0.1, 0.15) is 17.2 Å². The lowest BCUT2D eigenvalue weighted by Crippen LogP contribution is -2.16. The first-order valence-electron chi connectivity index (χ1n) is 11.3. The van der Waals surface area contributed by atoms with E-state index in [4.69, 9.17) is 15.2 Å². The molecule has 4 N–H and O–H groups in total. The van der Waals surface area contributed by atoms with Gasteiger partial charge in [0, 0.05) is 0 Å². The molecular formula is C27H30N2O5. The van der Waals surface area contributed by atoms with Gasteiger partial charge in [-0.25, -0.2) is 4.79 Å². The average Bonchev–Trinajstić information content (AvgIpc) is 2.83. The molecule has 0 radical (unpaired) electrons. The maximum Gasteiger partial charge on any atom is 0.337 e. The third-order valence-electron chi connectivity index (χ3n) is 5.21. The molecule has 0 aromatic heterocycles. The lowest BCUT2D eigenvalue weighted by Gasteiger charge is -2.13. The third-order valence-corrected chi connectivity index (χ3v) is 5.21. The topological polar surface area (TPSA) is 111 Å². The number of amides is 1. The van der Waals surface area contributed by atoms with Crippen molar-refractivity contribution >= 4 is 17.6 Å². The van der Waals surface area contributed by atoms with Crippen LogP contribution in [-0.4, -0.2) is 30.1 Å². The third kappa shape index (κ3) is 7.64. The summed E-state index contributed by atoms with van der Waals surface area (Å²) in [4.78, 5) is 23.6. The summed E-state index contributed by atoms with van der Waals surface area (Å²) in [7, 11) is 0. The van der Waals surface area contributed by atoms with E-state index in [1.165, 1.54) is 6.07 Å². The number of nitrogens with one attached hydrogen (secondary N) is 1. The molecule has 0 spiro atoms. The number of rotatable bonds is 12. The number of carboxylic acids is 1. The predicted octanol–water partition coefficient (Wildman–Crippen LogP) is 5.11. The van der Waals surface area contributed by atoms with Crippen LogP contribution in [0.2, 0.25) is 0 Å². The van der Waals surface area contributed by atoms with Crippen molar-refractivity contribution in [2.45, 2.75) is 26.2 Å². The number of carbonyl (C=O) groups is 2. The van der Waals surface area contributed by atoms with Crippen LogP contribution < -0.4 is 20.5 Å². The number of nitrogens with two attached hydrogens (primary N) is 1. The molecule has 0 fully saturated rings. The van der Waals surface area contributed by atoms with Crippen LogP contribution >= 0.6 is 0 Å². The monoisotopic (exact) mass is 462 g/mol. The van der Waals surface area contributed by atoms with Crippen LogP contribution in [0.15, 0.2) is 72.8 Å². The molecule has 7 heteroatoms. The van der Waals surface area contributed by atoms with Crippen molar-refractivity contribution in [3.8, 4) is 17.2 Å².